The molecule has 0 unspecified atom stereocenters. The van der Waals surface area contributed by atoms with E-state index in [-0.39, 0.29) is 23.3 Å². The molecule has 0 saturated carbocycles. The zero-order valence-corrected chi connectivity index (χ0v) is 13.7. The zero-order chi connectivity index (χ0) is 17.9. The molecular formula is C17H18N4O3. The number of benzene rings is 1. The highest BCUT2D eigenvalue weighted by Crippen LogP contribution is 2.36. The number of carbonyl (C=O) groups excluding carboxylic acids is 1. The first kappa shape index (κ1) is 17.1. The first-order valence-electron chi connectivity index (χ1n) is 7.16. The Labute approximate surface area is 140 Å². The van der Waals surface area contributed by atoms with E-state index in [4.69, 9.17) is 27.4 Å². The minimum Gasteiger partial charge on any atom is -0.495 e. The fraction of sp³-hybridized carbons (Fsp3) is 0.235. The second-order valence-corrected chi connectivity index (χ2v) is 5.30. The fourth-order valence-corrected chi connectivity index (χ4v) is 2.15. The van der Waals surface area contributed by atoms with E-state index < -0.39 is 5.91 Å². The van der Waals surface area contributed by atoms with Gasteiger partial charge in [-0.15, -0.1) is 6.42 Å². The zero-order valence-electron chi connectivity index (χ0n) is 13.7. The van der Waals surface area contributed by atoms with Crippen molar-refractivity contribution in [1.29, 1.82) is 0 Å². The highest BCUT2D eigenvalue weighted by atomic mass is 16.5. The smallest absolute Gasteiger partial charge is 0.271 e. The fourth-order valence-electron chi connectivity index (χ4n) is 2.15. The predicted octanol–water partition coefficient (Wildman–Crippen LogP) is 2.06. The number of nitrogens with zero attached hydrogens (tertiary/aromatic N) is 2. The summed E-state index contributed by atoms with van der Waals surface area (Å²) in [7, 11) is 1.54. The molecule has 124 valence electrons. The number of ether oxygens (including phenoxy) is 2. The second kappa shape index (κ2) is 6.87. The van der Waals surface area contributed by atoms with E-state index in [9.17, 15) is 4.79 Å². The molecule has 1 aromatic carbocycles. The van der Waals surface area contributed by atoms with Crippen LogP contribution in [0, 0.1) is 12.3 Å². The summed E-state index contributed by atoms with van der Waals surface area (Å²) in [6.45, 7) is 3.98. The molecule has 0 aliphatic carbocycles. The molecule has 1 heterocycles. The van der Waals surface area contributed by atoms with Crippen LogP contribution in [0.15, 0.2) is 18.3 Å². The average molecular weight is 326 g/mol. The van der Waals surface area contributed by atoms with Crippen molar-refractivity contribution in [2.45, 2.75) is 19.8 Å². The van der Waals surface area contributed by atoms with Crippen LogP contribution in [-0.2, 0) is 0 Å². The Balaban J connectivity index is 2.58. The number of rotatable bonds is 5. The van der Waals surface area contributed by atoms with Crippen LogP contribution < -0.4 is 20.9 Å². The average Bonchev–Trinajstić information content (AvgIpc) is 2.55. The van der Waals surface area contributed by atoms with Crippen molar-refractivity contribution in [2.75, 3.05) is 12.8 Å². The second-order valence-electron chi connectivity index (χ2n) is 5.30. The van der Waals surface area contributed by atoms with Crippen LogP contribution in [0.5, 0.6) is 17.2 Å². The third-order valence-corrected chi connectivity index (χ3v) is 3.34. The Morgan fingerprint density at radius 1 is 1.29 bits per heavy atom. The maximum atomic E-state index is 11.6. The van der Waals surface area contributed by atoms with Gasteiger partial charge in [0.15, 0.2) is 11.4 Å². The Kier molecular flexibility index (Phi) is 4.90. The number of aromatic nitrogens is 2. The van der Waals surface area contributed by atoms with Gasteiger partial charge in [-0.1, -0.05) is 19.8 Å². The van der Waals surface area contributed by atoms with Crippen LogP contribution in [0.3, 0.4) is 0 Å². The number of primary amides is 1. The Bertz CT molecular complexity index is 825. The van der Waals surface area contributed by atoms with Crippen LogP contribution >= 0.6 is 0 Å². The summed E-state index contributed by atoms with van der Waals surface area (Å²) in [5.41, 5.74) is 12.1. The van der Waals surface area contributed by atoms with Gasteiger partial charge in [-0.2, -0.15) is 0 Å². The van der Waals surface area contributed by atoms with Gasteiger partial charge in [0, 0.05) is 11.6 Å². The number of nitrogens with two attached hydrogens (primary N) is 2. The minimum atomic E-state index is -0.768. The SMILES string of the molecule is C#Cc1cc(Oc2cnc(N)nc2C(N)=O)c(C(C)C)cc1OC. The van der Waals surface area contributed by atoms with E-state index in [1.165, 1.54) is 6.20 Å². The van der Waals surface area contributed by atoms with E-state index in [2.05, 4.69) is 15.9 Å². The van der Waals surface area contributed by atoms with Crippen LogP contribution in [0.25, 0.3) is 0 Å². The van der Waals surface area contributed by atoms with Gasteiger partial charge in [-0.3, -0.25) is 4.79 Å². The lowest BCUT2D eigenvalue weighted by molar-refractivity contribution is 0.0993. The molecule has 2 aromatic rings. The lowest BCUT2D eigenvalue weighted by atomic mass is 9.99. The molecule has 0 bridgehead atoms. The standard InChI is InChI=1S/C17H18N4O3/c1-5-10-6-13(11(9(2)3)7-12(10)23-4)24-14-8-20-17(19)21-15(14)16(18)22/h1,6-9H,2-4H3,(H2,18,22)(H2,19,20,21). The van der Waals surface area contributed by atoms with Crippen molar-refractivity contribution < 1.29 is 14.3 Å². The lowest BCUT2D eigenvalue weighted by Gasteiger charge is -2.17. The molecule has 0 fully saturated rings. The van der Waals surface area contributed by atoms with Crippen molar-refractivity contribution in [2.24, 2.45) is 5.73 Å². The topological polar surface area (TPSA) is 113 Å². The Morgan fingerprint density at radius 3 is 2.54 bits per heavy atom. The van der Waals surface area contributed by atoms with E-state index in [1.54, 1.807) is 19.2 Å². The van der Waals surface area contributed by atoms with Gasteiger partial charge in [0.25, 0.3) is 5.91 Å². The van der Waals surface area contributed by atoms with Crippen LogP contribution in [0.2, 0.25) is 0 Å². The monoisotopic (exact) mass is 326 g/mol. The quantitative estimate of drug-likeness (QED) is 0.813. The number of methoxy groups -OCH3 is 1. The van der Waals surface area contributed by atoms with E-state index in [1.807, 2.05) is 13.8 Å². The van der Waals surface area contributed by atoms with E-state index >= 15 is 0 Å². The van der Waals surface area contributed by atoms with Gasteiger partial charge in [0.05, 0.1) is 18.9 Å². The van der Waals surface area contributed by atoms with Crippen LogP contribution in [0.1, 0.15) is 41.4 Å². The van der Waals surface area contributed by atoms with Crippen LogP contribution in [-0.4, -0.2) is 23.0 Å². The lowest BCUT2D eigenvalue weighted by Crippen LogP contribution is -2.16. The summed E-state index contributed by atoms with van der Waals surface area (Å²) in [5, 5.41) is 0. The van der Waals surface area contributed by atoms with E-state index in [0.29, 0.717) is 17.1 Å². The number of terminal acetylenes is 1. The summed E-state index contributed by atoms with van der Waals surface area (Å²) in [5.74, 6) is 2.96. The predicted molar refractivity (Wildman–Crippen MR) is 90.1 cm³/mol. The number of nitrogen functional groups attached to an aromatic ring is 1. The number of anilines is 1. The summed E-state index contributed by atoms with van der Waals surface area (Å²) in [6, 6.07) is 3.46. The number of hydrogen-bond acceptors (Lipinski definition) is 6. The molecule has 0 atom stereocenters. The molecule has 0 radical (unpaired) electrons. The molecule has 0 spiro atoms. The van der Waals surface area contributed by atoms with Crippen molar-refractivity contribution in [3.05, 3.63) is 35.2 Å². The third-order valence-electron chi connectivity index (χ3n) is 3.34. The first-order valence-corrected chi connectivity index (χ1v) is 7.16. The molecule has 0 aliphatic heterocycles. The van der Waals surface area contributed by atoms with Gasteiger partial charge < -0.3 is 20.9 Å². The molecule has 1 aromatic heterocycles. The minimum absolute atomic E-state index is 0.0701. The van der Waals surface area contributed by atoms with Crippen molar-refractivity contribution in [1.82, 2.24) is 9.97 Å². The van der Waals surface area contributed by atoms with Gasteiger partial charge in [-0.05, 0) is 12.0 Å². The Hall–Kier alpha value is -3.27. The first-order chi connectivity index (χ1) is 11.4. The highest BCUT2D eigenvalue weighted by Gasteiger charge is 2.18. The molecule has 1 amide bonds. The summed E-state index contributed by atoms with van der Waals surface area (Å²) in [4.78, 5) is 19.2. The molecule has 0 saturated heterocycles. The van der Waals surface area contributed by atoms with Crippen molar-refractivity contribution >= 4 is 11.9 Å². The summed E-state index contributed by atoms with van der Waals surface area (Å²) < 4.78 is 11.1. The number of amides is 1. The van der Waals surface area contributed by atoms with Crippen LogP contribution in [0.4, 0.5) is 5.95 Å². The van der Waals surface area contributed by atoms with Gasteiger partial charge in [0.1, 0.15) is 11.5 Å². The van der Waals surface area contributed by atoms with Gasteiger partial charge in [-0.25, -0.2) is 9.97 Å². The molecule has 7 nitrogen and oxygen atoms in total. The normalized spacial score (nSPS) is 10.3. The number of carbonyl (C=O) groups is 1. The highest BCUT2D eigenvalue weighted by molar-refractivity contribution is 5.93. The van der Waals surface area contributed by atoms with Crippen molar-refractivity contribution in [3.8, 4) is 29.6 Å². The molecule has 0 aliphatic rings. The maximum Gasteiger partial charge on any atom is 0.271 e. The molecule has 24 heavy (non-hydrogen) atoms. The number of hydrogen-bond donors (Lipinski definition) is 2. The molecule has 4 N–H and O–H groups in total. The molecule has 7 heteroatoms. The van der Waals surface area contributed by atoms with Gasteiger partial charge in [0.2, 0.25) is 5.95 Å². The summed E-state index contributed by atoms with van der Waals surface area (Å²) in [6.07, 6.45) is 6.81. The molecule has 2 rings (SSSR count). The third kappa shape index (κ3) is 3.38. The summed E-state index contributed by atoms with van der Waals surface area (Å²) >= 11 is 0. The maximum absolute atomic E-state index is 11.6. The molecular weight excluding hydrogens is 308 g/mol. The van der Waals surface area contributed by atoms with Crippen molar-refractivity contribution in [3.63, 3.8) is 0 Å². The Morgan fingerprint density at radius 2 is 2.00 bits per heavy atom. The van der Waals surface area contributed by atoms with Gasteiger partial charge >= 0.3 is 0 Å². The van der Waals surface area contributed by atoms with E-state index in [0.717, 1.165) is 5.56 Å². The largest absolute Gasteiger partial charge is 0.495 e.